The van der Waals surface area contributed by atoms with Crippen molar-refractivity contribution in [2.45, 2.75) is 104 Å². The Morgan fingerprint density at radius 3 is 2.49 bits per heavy atom. The van der Waals surface area contributed by atoms with Crippen LogP contribution in [0.25, 0.3) is 6.08 Å². The summed E-state index contributed by atoms with van der Waals surface area (Å²) in [4.78, 5) is 12.9. The van der Waals surface area contributed by atoms with Crippen LogP contribution < -0.4 is 5.32 Å². The molecule has 4 nitrogen and oxygen atoms in total. The average Bonchev–Trinajstić information content (AvgIpc) is 3.29. The summed E-state index contributed by atoms with van der Waals surface area (Å²) in [6.07, 6.45) is 15.0. The lowest BCUT2D eigenvalue weighted by Crippen LogP contribution is -2.54. The molecular weight excluding hydrogens is 504 g/mol. The molecule has 1 amide bonds. The Morgan fingerprint density at radius 1 is 1.05 bits per heavy atom. The highest BCUT2D eigenvalue weighted by Crippen LogP contribution is 2.68. The molecule has 2 N–H and O–H groups in total. The minimum Gasteiger partial charge on any atom is -0.393 e. The quantitative estimate of drug-likeness (QED) is 0.290. The van der Waals surface area contributed by atoms with Crippen LogP contribution in [0.4, 0.5) is 0 Å². The van der Waals surface area contributed by atoms with Crippen LogP contribution in [0.15, 0.2) is 30.8 Å². The average molecular weight is 564 g/mol. The van der Waals surface area contributed by atoms with E-state index in [9.17, 15) is 9.90 Å². The first kappa shape index (κ1) is 30.8. The summed E-state index contributed by atoms with van der Waals surface area (Å²) in [7, 11) is 4.48. The third kappa shape index (κ3) is 6.35. The van der Waals surface area contributed by atoms with Gasteiger partial charge in [0.15, 0.2) is 0 Å². The molecule has 5 rings (SSSR count). The Hall–Kier alpha value is -1.65. The van der Waals surface area contributed by atoms with E-state index >= 15 is 0 Å². The molecule has 5 unspecified atom stereocenters. The summed E-state index contributed by atoms with van der Waals surface area (Å²) in [5, 5.41) is 13.6. The second-order valence-electron chi connectivity index (χ2n) is 15.9. The van der Waals surface area contributed by atoms with Crippen molar-refractivity contribution in [2.75, 3.05) is 27.2 Å². The highest BCUT2D eigenvalue weighted by molar-refractivity contribution is 5.75. The number of hydrogen-bond donors (Lipinski definition) is 2. The van der Waals surface area contributed by atoms with Crippen molar-refractivity contribution in [1.82, 2.24) is 5.32 Å². The summed E-state index contributed by atoms with van der Waals surface area (Å²) in [6, 6.07) is 8.61. The third-order valence-electron chi connectivity index (χ3n) is 13.1. The number of likely N-dealkylation sites (N-methyl/N-ethyl adjacent to an activating group) is 1. The number of hydrogen-bond acceptors (Lipinski definition) is 2. The Morgan fingerprint density at radius 2 is 1.76 bits per heavy atom. The molecule has 4 aliphatic rings. The standard InChI is InChI=1S/C37H58N2O2/c1-7-27-9-11-28(12-10-27)25-39(5,6)23-22-38-35(41)17-8-26(2)32-15-16-33-31-14-13-29-24-30(40)18-20-36(29,3)34(31)19-21-37(32,33)4/h7,9-12,26,29-34,40H,1,8,13-25H2,2-6H3/p+1/t26?,29?,30-,31?,32-,33?,34?,36+,37-/m1/s1. The first-order valence-electron chi connectivity index (χ1n) is 16.9. The van der Waals surface area contributed by atoms with Gasteiger partial charge < -0.3 is 14.9 Å². The largest absolute Gasteiger partial charge is 0.393 e. The minimum atomic E-state index is -0.0569. The number of rotatable bonds is 10. The third-order valence-corrected chi connectivity index (χ3v) is 13.1. The van der Waals surface area contributed by atoms with Crippen molar-refractivity contribution in [3.8, 4) is 0 Å². The molecular formula is C37H59N2O2+. The van der Waals surface area contributed by atoms with Gasteiger partial charge in [-0.05, 0) is 116 Å². The van der Waals surface area contributed by atoms with E-state index in [0.717, 1.165) is 78.5 Å². The SMILES string of the molecule is C=Cc1ccc(C[N+](C)(C)CCNC(=O)CCC(C)[C@H]2CCC3C4CCC5C[C@H](O)CC[C@]5(C)C4CC[C@@]32C)cc1. The number of carbonyl (C=O) groups is 1. The van der Waals surface area contributed by atoms with E-state index < -0.39 is 0 Å². The van der Waals surface area contributed by atoms with E-state index in [1.54, 1.807) is 0 Å². The summed E-state index contributed by atoms with van der Waals surface area (Å²) < 4.78 is 0.856. The molecule has 4 saturated carbocycles. The summed E-state index contributed by atoms with van der Waals surface area (Å²) in [5.74, 6) is 4.92. The van der Waals surface area contributed by atoms with Crippen LogP contribution in [0.3, 0.4) is 0 Å². The van der Waals surface area contributed by atoms with Crippen molar-refractivity contribution in [1.29, 1.82) is 0 Å². The van der Waals surface area contributed by atoms with E-state index in [2.05, 4.69) is 71.0 Å². The van der Waals surface area contributed by atoms with Gasteiger partial charge >= 0.3 is 0 Å². The predicted octanol–water partition coefficient (Wildman–Crippen LogP) is 7.46. The highest BCUT2D eigenvalue weighted by Gasteiger charge is 2.60. The molecule has 1 aromatic rings. The molecule has 4 heteroatoms. The maximum atomic E-state index is 12.9. The van der Waals surface area contributed by atoms with Gasteiger partial charge in [0.1, 0.15) is 6.54 Å². The van der Waals surface area contributed by atoms with E-state index in [4.69, 9.17) is 0 Å². The van der Waals surface area contributed by atoms with Gasteiger partial charge in [0.05, 0.1) is 33.3 Å². The van der Waals surface area contributed by atoms with Crippen molar-refractivity contribution in [3.63, 3.8) is 0 Å². The van der Waals surface area contributed by atoms with Crippen LogP contribution in [0.2, 0.25) is 0 Å². The molecule has 41 heavy (non-hydrogen) atoms. The van der Waals surface area contributed by atoms with Crippen LogP contribution in [0, 0.1) is 46.3 Å². The molecule has 0 bridgehead atoms. The lowest BCUT2D eigenvalue weighted by molar-refractivity contribution is -0.902. The molecule has 0 heterocycles. The topological polar surface area (TPSA) is 49.3 Å². The molecule has 0 radical (unpaired) electrons. The van der Waals surface area contributed by atoms with Gasteiger partial charge in [0.2, 0.25) is 5.91 Å². The van der Waals surface area contributed by atoms with Gasteiger partial charge in [0.25, 0.3) is 0 Å². The Labute approximate surface area is 251 Å². The number of fused-ring (bicyclic) bond motifs is 5. The van der Waals surface area contributed by atoms with Crippen LogP contribution in [0.5, 0.6) is 0 Å². The van der Waals surface area contributed by atoms with E-state index in [1.807, 2.05) is 6.08 Å². The van der Waals surface area contributed by atoms with Gasteiger partial charge in [-0.25, -0.2) is 0 Å². The zero-order valence-electron chi connectivity index (χ0n) is 26.8. The highest BCUT2D eigenvalue weighted by atomic mass is 16.3. The van der Waals surface area contributed by atoms with Crippen molar-refractivity contribution in [3.05, 3.63) is 42.0 Å². The van der Waals surface area contributed by atoms with E-state index in [0.29, 0.717) is 23.2 Å². The fourth-order valence-corrected chi connectivity index (χ4v) is 10.7. The number of quaternary nitrogens is 1. The van der Waals surface area contributed by atoms with Crippen LogP contribution >= 0.6 is 0 Å². The number of aliphatic hydroxyl groups is 1. The van der Waals surface area contributed by atoms with E-state index in [1.165, 1.54) is 50.5 Å². The maximum Gasteiger partial charge on any atom is 0.220 e. The van der Waals surface area contributed by atoms with E-state index in [-0.39, 0.29) is 12.0 Å². The monoisotopic (exact) mass is 563 g/mol. The number of benzene rings is 1. The predicted molar refractivity (Wildman–Crippen MR) is 170 cm³/mol. The molecule has 0 spiro atoms. The minimum absolute atomic E-state index is 0.0569. The van der Waals surface area contributed by atoms with Crippen molar-refractivity contribution in [2.24, 2.45) is 46.3 Å². The summed E-state index contributed by atoms with van der Waals surface area (Å²) in [5.41, 5.74) is 3.37. The van der Waals surface area contributed by atoms with Crippen LogP contribution in [-0.4, -0.2) is 48.8 Å². The number of aliphatic hydroxyl groups excluding tert-OH is 1. The van der Waals surface area contributed by atoms with Crippen LogP contribution in [0.1, 0.15) is 103 Å². The molecule has 228 valence electrons. The molecule has 4 aliphatic carbocycles. The normalized spacial score (nSPS) is 37.4. The second kappa shape index (κ2) is 12.2. The maximum absolute atomic E-state index is 12.9. The molecule has 4 fully saturated rings. The van der Waals surface area contributed by atoms with Crippen molar-refractivity contribution >= 4 is 12.0 Å². The Bertz CT molecular complexity index is 1070. The van der Waals surface area contributed by atoms with Crippen molar-refractivity contribution < 1.29 is 14.4 Å². The number of carbonyl (C=O) groups excluding carboxylic acids is 1. The lowest BCUT2D eigenvalue weighted by Gasteiger charge is -2.61. The number of amides is 1. The summed E-state index contributed by atoms with van der Waals surface area (Å²) >= 11 is 0. The zero-order chi connectivity index (χ0) is 29.4. The van der Waals surface area contributed by atoms with Gasteiger partial charge in [-0.2, -0.15) is 0 Å². The smallest absolute Gasteiger partial charge is 0.220 e. The summed E-state index contributed by atoms with van der Waals surface area (Å²) in [6.45, 7) is 14.1. The van der Waals surface area contributed by atoms with Gasteiger partial charge in [-0.15, -0.1) is 0 Å². The molecule has 0 saturated heterocycles. The van der Waals surface area contributed by atoms with Gasteiger partial charge in [-0.3, -0.25) is 4.79 Å². The Balaban J connectivity index is 1.08. The molecule has 1 aromatic carbocycles. The van der Waals surface area contributed by atoms with Gasteiger partial charge in [-0.1, -0.05) is 57.7 Å². The van der Waals surface area contributed by atoms with Gasteiger partial charge in [0, 0.05) is 12.0 Å². The fraction of sp³-hybridized carbons (Fsp3) is 0.757. The lowest BCUT2D eigenvalue weighted by atomic mass is 9.44. The van der Waals surface area contributed by atoms with Crippen LogP contribution in [-0.2, 0) is 11.3 Å². The first-order chi connectivity index (χ1) is 19.4. The first-order valence-corrected chi connectivity index (χ1v) is 16.9. The second-order valence-corrected chi connectivity index (χ2v) is 15.9. The number of nitrogens with one attached hydrogen (secondary N) is 1. The molecule has 0 aliphatic heterocycles. The molecule has 9 atom stereocenters. The zero-order valence-corrected chi connectivity index (χ0v) is 26.8. The fourth-order valence-electron chi connectivity index (χ4n) is 10.7. The molecule has 0 aromatic heterocycles. The Kier molecular flexibility index (Phi) is 9.13. The number of nitrogens with zero attached hydrogens (tertiary/aromatic N) is 1.